The first-order valence-corrected chi connectivity index (χ1v) is 8.78. The number of benzene rings is 1. The molecule has 1 aromatic carbocycles. The van der Waals surface area contributed by atoms with Crippen LogP contribution in [0.3, 0.4) is 0 Å². The van der Waals surface area contributed by atoms with Crippen LogP contribution in [0.25, 0.3) is 0 Å². The smallest absolute Gasteiger partial charge is 0.268 e. The van der Waals surface area contributed by atoms with Crippen molar-refractivity contribution in [2.24, 2.45) is 5.92 Å². The van der Waals surface area contributed by atoms with E-state index in [4.69, 9.17) is 0 Å². The Balaban J connectivity index is 1.73. The van der Waals surface area contributed by atoms with Crippen molar-refractivity contribution in [3.8, 4) is 0 Å². The lowest BCUT2D eigenvalue weighted by atomic mass is 10.1. The molecule has 2 aliphatic rings. The molecular formula is C18H18N2O2S. The zero-order chi connectivity index (χ0) is 16.0. The monoisotopic (exact) mass is 326 g/mol. The van der Waals surface area contributed by atoms with E-state index in [1.807, 2.05) is 37.3 Å². The SMILES string of the molecule is CC1CN(C(=O)c2cc3c(s2)CCC3)c2ccccc2NC1=O. The number of thiophene rings is 1. The Morgan fingerprint density at radius 1 is 1.30 bits per heavy atom. The molecule has 1 unspecified atom stereocenters. The first-order chi connectivity index (χ1) is 11.1. The second-order valence-electron chi connectivity index (χ2n) is 6.24. The molecule has 23 heavy (non-hydrogen) atoms. The van der Waals surface area contributed by atoms with Gasteiger partial charge >= 0.3 is 0 Å². The van der Waals surface area contributed by atoms with Crippen LogP contribution >= 0.6 is 11.3 Å². The molecule has 0 spiro atoms. The zero-order valence-corrected chi connectivity index (χ0v) is 13.8. The molecule has 0 saturated carbocycles. The molecule has 2 heterocycles. The van der Waals surface area contributed by atoms with Crippen molar-refractivity contribution in [1.82, 2.24) is 0 Å². The molecule has 2 amide bonds. The number of nitrogens with zero attached hydrogens (tertiary/aromatic N) is 1. The van der Waals surface area contributed by atoms with Crippen molar-refractivity contribution in [2.45, 2.75) is 26.2 Å². The molecule has 5 heteroatoms. The number of carbonyl (C=O) groups excluding carboxylic acids is 2. The van der Waals surface area contributed by atoms with E-state index >= 15 is 0 Å². The minimum Gasteiger partial charge on any atom is -0.324 e. The molecule has 1 N–H and O–H groups in total. The van der Waals surface area contributed by atoms with Crippen LogP contribution in [-0.2, 0) is 17.6 Å². The second kappa shape index (κ2) is 5.49. The van der Waals surface area contributed by atoms with Crippen molar-refractivity contribution < 1.29 is 9.59 Å². The molecule has 0 saturated heterocycles. The van der Waals surface area contributed by atoms with Gasteiger partial charge in [0.2, 0.25) is 5.91 Å². The third-order valence-corrected chi connectivity index (χ3v) is 5.78. The lowest BCUT2D eigenvalue weighted by Gasteiger charge is -2.23. The first kappa shape index (κ1) is 14.5. The average Bonchev–Trinajstić information content (AvgIpc) is 3.11. The van der Waals surface area contributed by atoms with Gasteiger partial charge in [-0.2, -0.15) is 0 Å². The van der Waals surface area contributed by atoms with E-state index in [2.05, 4.69) is 5.32 Å². The second-order valence-corrected chi connectivity index (χ2v) is 7.37. The largest absolute Gasteiger partial charge is 0.324 e. The molecule has 0 fully saturated rings. The van der Waals surface area contributed by atoms with E-state index in [9.17, 15) is 9.59 Å². The van der Waals surface area contributed by atoms with Crippen LogP contribution in [0.15, 0.2) is 30.3 Å². The predicted molar refractivity (Wildman–Crippen MR) is 92.3 cm³/mol. The number of para-hydroxylation sites is 2. The molecule has 1 aromatic heterocycles. The summed E-state index contributed by atoms with van der Waals surface area (Å²) in [6.45, 7) is 2.26. The van der Waals surface area contributed by atoms with Crippen molar-refractivity contribution in [1.29, 1.82) is 0 Å². The average molecular weight is 326 g/mol. The molecular weight excluding hydrogens is 308 g/mol. The number of rotatable bonds is 1. The summed E-state index contributed by atoms with van der Waals surface area (Å²) in [6.07, 6.45) is 3.35. The Labute approximate surface area is 139 Å². The van der Waals surface area contributed by atoms with Gasteiger partial charge in [-0.1, -0.05) is 19.1 Å². The fraction of sp³-hybridized carbons (Fsp3) is 0.333. The van der Waals surface area contributed by atoms with E-state index in [-0.39, 0.29) is 17.7 Å². The van der Waals surface area contributed by atoms with Gasteiger partial charge in [-0.05, 0) is 43.0 Å². The molecule has 1 atom stereocenters. The van der Waals surface area contributed by atoms with Gasteiger partial charge < -0.3 is 10.2 Å². The Kier molecular flexibility index (Phi) is 3.45. The number of fused-ring (bicyclic) bond motifs is 2. The molecule has 0 radical (unpaired) electrons. The predicted octanol–water partition coefficient (Wildman–Crippen LogP) is 3.47. The third-order valence-electron chi connectivity index (χ3n) is 4.56. The number of anilines is 2. The lowest BCUT2D eigenvalue weighted by Crippen LogP contribution is -2.35. The van der Waals surface area contributed by atoms with Gasteiger partial charge in [0.15, 0.2) is 0 Å². The molecule has 2 aromatic rings. The molecule has 4 rings (SSSR count). The van der Waals surface area contributed by atoms with Crippen molar-refractivity contribution in [3.05, 3.63) is 45.6 Å². The van der Waals surface area contributed by atoms with E-state index in [0.717, 1.165) is 23.4 Å². The Morgan fingerprint density at radius 3 is 2.96 bits per heavy atom. The minimum atomic E-state index is -0.238. The van der Waals surface area contributed by atoms with Crippen LogP contribution in [0.5, 0.6) is 0 Å². The summed E-state index contributed by atoms with van der Waals surface area (Å²) < 4.78 is 0. The molecule has 4 nitrogen and oxygen atoms in total. The standard InChI is InChI=1S/C18H18N2O2S/c1-11-10-20(14-7-3-2-6-13(14)19-17(11)21)18(22)16-9-12-5-4-8-15(12)23-16/h2-3,6-7,9,11H,4-5,8,10H2,1H3,(H,19,21). The van der Waals surface area contributed by atoms with E-state index in [0.29, 0.717) is 12.2 Å². The van der Waals surface area contributed by atoms with Gasteiger partial charge in [0.1, 0.15) is 0 Å². The van der Waals surface area contributed by atoms with Crippen molar-refractivity contribution in [2.75, 3.05) is 16.8 Å². The van der Waals surface area contributed by atoms with E-state index in [1.54, 1.807) is 16.2 Å². The van der Waals surface area contributed by atoms with Gasteiger partial charge in [-0.25, -0.2) is 0 Å². The van der Waals surface area contributed by atoms with Crippen LogP contribution in [0.1, 0.15) is 33.5 Å². The van der Waals surface area contributed by atoms with Gasteiger partial charge in [0, 0.05) is 11.4 Å². The summed E-state index contributed by atoms with van der Waals surface area (Å²) in [5, 5.41) is 2.92. The number of hydrogen-bond donors (Lipinski definition) is 1. The highest BCUT2D eigenvalue weighted by atomic mass is 32.1. The zero-order valence-electron chi connectivity index (χ0n) is 13.0. The van der Waals surface area contributed by atoms with Crippen LogP contribution in [0.4, 0.5) is 11.4 Å². The summed E-state index contributed by atoms with van der Waals surface area (Å²) in [6, 6.07) is 9.56. The fourth-order valence-corrected chi connectivity index (χ4v) is 4.49. The first-order valence-electron chi connectivity index (χ1n) is 7.97. The molecule has 0 bridgehead atoms. The summed E-state index contributed by atoms with van der Waals surface area (Å²) in [5.74, 6) is -0.278. The quantitative estimate of drug-likeness (QED) is 0.872. The van der Waals surface area contributed by atoms with E-state index < -0.39 is 0 Å². The van der Waals surface area contributed by atoms with Gasteiger partial charge in [-0.3, -0.25) is 9.59 Å². The topological polar surface area (TPSA) is 49.4 Å². The maximum atomic E-state index is 13.1. The van der Waals surface area contributed by atoms with Crippen LogP contribution in [-0.4, -0.2) is 18.4 Å². The van der Waals surface area contributed by atoms with Gasteiger partial charge in [0.25, 0.3) is 5.91 Å². The Morgan fingerprint density at radius 2 is 2.13 bits per heavy atom. The highest BCUT2D eigenvalue weighted by Crippen LogP contribution is 2.35. The van der Waals surface area contributed by atoms with E-state index in [1.165, 1.54) is 16.9 Å². The van der Waals surface area contributed by atoms with Crippen LogP contribution < -0.4 is 10.2 Å². The highest BCUT2D eigenvalue weighted by Gasteiger charge is 2.30. The maximum Gasteiger partial charge on any atom is 0.268 e. The fourth-order valence-electron chi connectivity index (χ4n) is 3.29. The number of nitrogens with one attached hydrogen (secondary N) is 1. The van der Waals surface area contributed by atoms with Crippen LogP contribution in [0, 0.1) is 5.92 Å². The Bertz CT molecular complexity index is 775. The van der Waals surface area contributed by atoms with Crippen LogP contribution in [0.2, 0.25) is 0 Å². The summed E-state index contributed by atoms with van der Waals surface area (Å²) in [7, 11) is 0. The summed E-state index contributed by atoms with van der Waals surface area (Å²) in [5.41, 5.74) is 2.81. The maximum absolute atomic E-state index is 13.1. The minimum absolute atomic E-state index is 0.000185. The summed E-state index contributed by atoms with van der Waals surface area (Å²) in [4.78, 5) is 29.1. The normalized spacial score (nSPS) is 19.8. The number of amides is 2. The van der Waals surface area contributed by atoms with Crippen molar-refractivity contribution in [3.63, 3.8) is 0 Å². The molecule has 118 valence electrons. The Hall–Kier alpha value is -2.14. The van der Waals surface area contributed by atoms with Gasteiger partial charge in [0.05, 0.1) is 22.2 Å². The lowest BCUT2D eigenvalue weighted by molar-refractivity contribution is -0.119. The summed E-state index contributed by atoms with van der Waals surface area (Å²) >= 11 is 1.61. The number of aryl methyl sites for hydroxylation is 2. The number of carbonyl (C=O) groups is 2. The highest BCUT2D eigenvalue weighted by molar-refractivity contribution is 7.14. The molecule has 1 aliphatic heterocycles. The van der Waals surface area contributed by atoms with Crippen molar-refractivity contribution >= 4 is 34.5 Å². The molecule has 1 aliphatic carbocycles. The number of hydrogen-bond acceptors (Lipinski definition) is 3. The van der Waals surface area contributed by atoms with Gasteiger partial charge in [-0.15, -0.1) is 11.3 Å². The third kappa shape index (κ3) is 2.45.